The summed E-state index contributed by atoms with van der Waals surface area (Å²) in [4.78, 5) is 14.4. The quantitative estimate of drug-likeness (QED) is 0.472. The zero-order valence-corrected chi connectivity index (χ0v) is 17.1. The van der Waals surface area contributed by atoms with E-state index in [1.807, 2.05) is 18.2 Å². The lowest BCUT2D eigenvalue weighted by Gasteiger charge is -2.28. The van der Waals surface area contributed by atoms with Gasteiger partial charge in [-0.05, 0) is 31.5 Å². The van der Waals surface area contributed by atoms with Crippen LogP contribution in [0.5, 0.6) is 5.75 Å². The summed E-state index contributed by atoms with van der Waals surface area (Å²) in [6, 6.07) is 15.3. The molecule has 2 aromatic heterocycles. The monoisotopic (exact) mass is 407 g/mol. The van der Waals surface area contributed by atoms with E-state index in [0.717, 1.165) is 11.9 Å². The predicted molar refractivity (Wildman–Crippen MR) is 116 cm³/mol. The highest BCUT2D eigenvalue weighted by Crippen LogP contribution is 2.34. The molecule has 6 heteroatoms. The van der Waals surface area contributed by atoms with Crippen molar-refractivity contribution in [1.29, 1.82) is 0 Å². The Kier molecular flexibility index (Phi) is 5.88. The van der Waals surface area contributed by atoms with E-state index < -0.39 is 6.10 Å². The van der Waals surface area contributed by atoms with Gasteiger partial charge in [-0.3, -0.25) is 9.69 Å². The first-order valence-electron chi connectivity index (χ1n) is 10.0. The molecule has 0 aliphatic carbocycles. The normalized spacial score (nSPS) is 12.8. The first kappa shape index (κ1) is 20.2. The second-order valence-corrected chi connectivity index (χ2v) is 7.68. The van der Waals surface area contributed by atoms with Crippen molar-refractivity contribution in [1.82, 2.24) is 4.90 Å². The molecule has 0 aliphatic heterocycles. The molecule has 4 aromatic rings. The highest BCUT2D eigenvalue weighted by atomic mass is 16.5. The lowest BCUT2D eigenvalue weighted by molar-refractivity contribution is 0.0546. The third kappa shape index (κ3) is 4.25. The fourth-order valence-electron chi connectivity index (χ4n) is 3.53. The summed E-state index contributed by atoms with van der Waals surface area (Å²) >= 11 is 0. The van der Waals surface area contributed by atoms with Gasteiger partial charge in [0.15, 0.2) is 16.6 Å². The van der Waals surface area contributed by atoms with Gasteiger partial charge in [0.1, 0.15) is 12.7 Å². The molecule has 2 aromatic carbocycles. The number of hydrogen-bond donors (Lipinski definition) is 1. The third-order valence-corrected chi connectivity index (χ3v) is 5.15. The molecule has 0 amide bonds. The second-order valence-electron chi connectivity index (χ2n) is 7.68. The van der Waals surface area contributed by atoms with E-state index in [2.05, 4.69) is 30.9 Å². The Morgan fingerprint density at radius 1 is 1.03 bits per heavy atom. The summed E-state index contributed by atoms with van der Waals surface area (Å²) in [5.74, 6) is 0.336. The molecule has 1 unspecified atom stereocenters. The highest BCUT2D eigenvalue weighted by molar-refractivity contribution is 5.99. The van der Waals surface area contributed by atoms with Crippen molar-refractivity contribution in [2.45, 2.75) is 32.5 Å². The maximum Gasteiger partial charge on any atom is 0.206 e. The number of ether oxygens (including phenoxy) is 1. The lowest BCUT2D eigenvalue weighted by atomic mass is 10.1. The van der Waals surface area contributed by atoms with Gasteiger partial charge in [-0.15, -0.1) is 0 Å². The van der Waals surface area contributed by atoms with Gasteiger partial charge in [-0.1, -0.05) is 30.3 Å². The molecule has 1 atom stereocenters. The van der Waals surface area contributed by atoms with Crippen LogP contribution in [0.3, 0.4) is 0 Å². The zero-order chi connectivity index (χ0) is 21.1. The Labute approximate surface area is 174 Å². The van der Waals surface area contributed by atoms with E-state index in [4.69, 9.17) is 13.6 Å². The molecule has 1 N–H and O–H groups in total. The molecule has 2 heterocycles. The topological polar surface area (TPSA) is 76.1 Å². The van der Waals surface area contributed by atoms with Gasteiger partial charge >= 0.3 is 0 Å². The van der Waals surface area contributed by atoms with Crippen molar-refractivity contribution < 1.29 is 18.7 Å². The lowest BCUT2D eigenvalue weighted by Crippen LogP contribution is -2.39. The van der Waals surface area contributed by atoms with Crippen LogP contribution in [0.1, 0.15) is 19.4 Å². The largest absolute Gasteiger partial charge is 0.484 e. The Hall–Kier alpha value is -3.09. The number of aliphatic hydroxyl groups is 1. The predicted octanol–water partition coefficient (Wildman–Crippen LogP) is 4.19. The molecule has 156 valence electrons. The van der Waals surface area contributed by atoms with Crippen LogP contribution in [0.15, 0.2) is 74.7 Å². The highest BCUT2D eigenvalue weighted by Gasteiger charge is 2.19. The molecule has 0 spiro atoms. The minimum absolute atomic E-state index is 0.0472. The first-order chi connectivity index (χ1) is 14.5. The van der Waals surface area contributed by atoms with E-state index in [9.17, 15) is 9.90 Å². The zero-order valence-electron chi connectivity index (χ0n) is 17.1. The standard InChI is InChI=1S/C24H25NO5/c1-16(2)25(13-17-6-4-3-5-7-17)14-19(26)15-30-24-22-18(8-10-28-22)12-20-21(27)9-11-29-23(20)24/h3-12,16,19,26H,13-15H2,1-2H3. The molecule has 0 radical (unpaired) electrons. The summed E-state index contributed by atoms with van der Waals surface area (Å²) in [7, 11) is 0. The van der Waals surface area contributed by atoms with Crippen LogP contribution in [-0.2, 0) is 6.54 Å². The molecule has 0 saturated heterocycles. The Bertz CT molecular complexity index is 1180. The average molecular weight is 407 g/mol. The van der Waals surface area contributed by atoms with Gasteiger partial charge in [0.25, 0.3) is 0 Å². The number of hydrogen-bond acceptors (Lipinski definition) is 6. The molecule has 0 fully saturated rings. The summed E-state index contributed by atoms with van der Waals surface area (Å²) < 4.78 is 17.0. The van der Waals surface area contributed by atoms with E-state index in [1.165, 1.54) is 24.2 Å². The number of rotatable bonds is 8. The van der Waals surface area contributed by atoms with Crippen LogP contribution in [-0.4, -0.2) is 35.3 Å². The molecule has 6 nitrogen and oxygen atoms in total. The molecule has 0 bridgehead atoms. The second kappa shape index (κ2) is 8.73. The van der Waals surface area contributed by atoms with Crippen LogP contribution in [0.25, 0.3) is 21.9 Å². The van der Waals surface area contributed by atoms with Gasteiger partial charge < -0.3 is 18.7 Å². The summed E-state index contributed by atoms with van der Waals surface area (Å²) in [6.45, 7) is 5.43. The SMILES string of the molecule is CC(C)N(Cc1ccccc1)CC(O)COc1c2occc2cc2c(=O)ccoc12. The van der Waals surface area contributed by atoms with Gasteiger partial charge in [0, 0.05) is 30.6 Å². The molecule has 0 saturated carbocycles. The van der Waals surface area contributed by atoms with Crippen molar-refractivity contribution in [2.75, 3.05) is 13.2 Å². The van der Waals surface area contributed by atoms with E-state index in [0.29, 0.717) is 28.8 Å². The fourth-order valence-corrected chi connectivity index (χ4v) is 3.53. The van der Waals surface area contributed by atoms with Crippen molar-refractivity contribution in [3.05, 3.63) is 76.8 Å². The van der Waals surface area contributed by atoms with E-state index in [-0.39, 0.29) is 18.1 Å². The number of benzene rings is 2. The third-order valence-electron chi connectivity index (χ3n) is 5.15. The molecule has 4 rings (SSSR count). The van der Waals surface area contributed by atoms with Crippen molar-refractivity contribution in [3.8, 4) is 5.75 Å². The van der Waals surface area contributed by atoms with Gasteiger partial charge in [0.2, 0.25) is 5.75 Å². The van der Waals surface area contributed by atoms with Crippen molar-refractivity contribution in [2.24, 2.45) is 0 Å². The number of aliphatic hydroxyl groups excluding tert-OH is 1. The van der Waals surface area contributed by atoms with E-state index >= 15 is 0 Å². The Balaban J connectivity index is 1.52. The Morgan fingerprint density at radius 2 is 1.77 bits per heavy atom. The minimum Gasteiger partial charge on any atom is -0.484 e. The number of fused-ring (bicyclic) bond motifs is 2. The fraction of sp³-hybridized carbons (Fsp3) is 0.292. The van der Waals surface area contributed by atoms with Gasteiger partial charge in [0.05, 0.1) is 17.9 Å². The van der Waals surface area contributed by atoms with Crippen LogP contribution in [0, 0.1) is 0 Å². The summed E-state index contributed by atoms with van der Waals surface area (Å²) in [5.41, 5.74) is 1.85. The van der Waals surface area contributed by atoms with Gasteiger partial charge in [-0.2, -0.15) is 0 Å². The minimum atomic E-state index is -0.730. The smallest absolute Gasteiger partial charge is 0.206 e. The average Bonchev–Trinajstić information content (AvgIpc) is 3.20. The van der Waals surface area contributed by atoms with Gasteiger partial charge in [-0.25, -0.2) is 0 Å². The van der Waals surface area contributed by atoms with E-state index in [1.54, 1.807) is 12.1 Å². The maximum absolute atomic E-state index is 12.2. The van der Waals surface area contributed by atoms with Crippen LogP contribution in [0.2, 0.25) is 0 Å². The first-order valence-corrected chi connectivity index (χ1v) is 10.0. The van der Waals surface area contributed by atoms with Crippen LogP contribution in [0.4, 0.5) is 0 Å². The number of nitrogens with zero attached hydrogens (tertiary/aromatic N) is 1. The number of furan rings is 1. The summed E-state index contributed by atoms with van der Waals surface area (Å²) in [5, 5.41) is 11.8. The molecular weight excluding hydrogens is 382 g/mol. The van der Waals surface area contributed by atoms with Crippen LogP contribution >= 0.6 is 0 Å². The van der Waals surface area contributed by atoms with Crippen LogP contribution < -0.4 is 10.2 Å². The Morgan fingerprint density at radius 3 is 2.53 bits per heavy atom. The molecular formula is C24H25NO5. The summed E-state index contributed by atoms with van der Waals surface area (Å²) in [6.07, 6.45) is 2.15. The molecule has 30 heavy (non-hydrogen) atoms. The van der Waals surface area contributed by atoms with Crippen molar-refractivity contribution in [3.63, 3.8) is 0 Å². The molecule has 0 aliphatic rings. The van der Waals surface area contributed by atoms with Crippen molar-refractivity contribution >= 4 is 21.9 Å². The maximum atomic E-state index is 12.2.